The monoisotopic (exact) mass is 415 g/mol. The summed E-state index contributed by atoms with van der Waals surface area (Å²) >= 11 is 5.90. The molecule has 3 amide bonds. The zero-order chi connectivity index (χ0) is 20.6. The number of hydrogen-bond donors (Lipinski definition) is 2. The fourth-order valence-electron chi connectivity index (χ4n) is 3.47. The maximum absolute atomic E-state index is 12.7. The zero-order valence-electron chi connectivity index (χ0n) is 16.5. The first-order chi connectivity index (χ1) is 14.1. The van der Waals surface area contributed by atoms with Crippen LogP contribution in [0.25, 0.3) is 0 Å². The summed E-state index contributed by atoms with van der Waals surface area (Å²) in [5.74, 6) is 0.0866. The third kappa shape index (κ3) is 5.95. The molecule has 0 spiro atoms. The summed E-state index contributed by atoms with van der Waals surface area (Å²) in [6.07, 6.45) is 1.91. The molecule has 1 saturated heterocycles. The summed E-state index contributed by atoms with van der Waals surface area (Å²) in [6, 6.07) is 14.6. The number of halogens is 1. The molecule has 1 aliphatic heterocycles. The quantitative estimate of drug-likeness (QED) is 0.697. The van der Waals surface area contributed by atoms with Gasteiger partial charge < -0.3 is 20.3 Å². The molecule has 0 bridgehead atoms. The Morgan fingerprint density at radius 1 is 1.21 bits per heavy atom. The molecule has 0 saturated carbocycles. The van der Waals surface area contributed by atoms with Gasteiger partial charge in [-0.15, -0.1) is 0 Å². The summed E-state index contributed by atoms with van der Waals surface area (Å²) in [4.78, 5) is 26.8. The van der Waals surface area contributed by atoms with E-state index in [4.69, 9.17) is 16.3 Å². The second kappa shape index (κ2) is 10.3. The Kier molecular flexibility index (Phi) is 7.49. The van der Waals surface area contributed by atoms with E-state index in [0.717, 1.165) is 24.1 Å². The third-order valence-electron chi connectivity index (χ3n) is 5.02. The van der Waals surface area contributed by atoms with Gasteiger partial charge in [-0.25, -0.2) is 4.79 Å². The van der Waals surface area contributed by atoms with E-state index in [1.807, 2.05) is 23.1 Å². The van der Waals surface area contributed by atoms with Gasteiger partial charge in [0.1, 0.15) is 0 Å². The van der Waals surface area contributed by atoms with Crippen LogP contribution in [-0.4, -0.2) is 50.2 Å². The standard InChI is InChI=1S/C22H26ClN3O3/c1-29-13-11-24-21(27)17-5-2-4-16(14-17)18-6-3-12-26(15-18)22(28)25-20-9-7-19(23)8-10-20/h2,4-5,7-10,14,18H,3,6,11-13,15H2,1H3,(H,24,27)(H,25,28). The smallest absolute Gasteiger partial charge is 0.321 e. The predicted octanol–water partition coefficient (Wildman–Crippen LogP) is 4.13. The molecule has 2 aromatic rings. The van der Waals surface area contributed by atoms with Crippen molar-refractivity contribution in [1.29, 1.82) is 0 Å². The minimum Gasteiger partial charge on any atom is -0.383 e. The average Bonchev–Trinajstić information content (AvgIpc) is 2.75. The minimum atomic E-state index is -0.120. The van der Waals surface area contributed by atoms with Gasteiger partial charge in [0.15, 0.2) is 0 Å². The van der Waals surface area contributed by atoms with Gasteiger partial charge in [-0.05, 0) is 54.8 Å². The maximum atomic E-state index is 12.7. The van der Waals surface area contributed by atoms with Crippen molar-refractivity contribution < 1.29 is 14.3 Å². The number of urea groups is 1. The largest absolute Gasteiger partial charge is 0.383 e. The summed E-state index contributed by atoms with van der Waals surface area (Å²) in [7, 11) is 1.60. The Bertz CT molecular complexity index is 841. The molecule has 1 aliphatic rings. The number of carbonyl (C=O) groups excluding carboxylic acids is 2. The van der Waals surface area contributed by atoms with Crippen molar-refractivity contribution >= 4 is 29.2 Å². The highest BCUT2D eigenvalue weighted by molar-refractivity contribution is 6.30. The van der Waals surface area contributed by atoms with Crippen molar-refractivity contribution in [3.05, 3.63) is 64.7 Å². The molecule has 29 heavy (non-hydrogen) atoms. The van der Waals surface area contributed by atoms with Crippen LogP contribution >= 0.6 is 11.6 Å². The lowest BCUT2D eigenvalue weighted by Crippen LogP contribution is -2.41. The molecule has 1 fully saturated rings. The Morgan fingerprint density at radius 2 is 2.00 bits per heavy atom. The van der Waals surface area contributed by atoms with E-state index in [1.165, 1.54) is 0 Å². The van der Waals surface area contributed by atoms with Crippen molar-refractivity contribution in [3.8, 4) is 0 Å². The first-order valence-corrected chi connectivity index (χ1v) is 10.1. The van der Waals surface area contributed by atoms with Crippen molar-refractivity contribution in [2.45, 2.75) is 18.8 Å². The number of carbonyl (C=O) groups is 2. The number of rotatable bonds is 6. The van der Waals surface area contributed by atoms with Crippen molar-refractivity contribution in [2.24, 2.45) is 0 Å². The van der Waals surface area contributed by atoms with Gasteiger partial charge in [0.2, 0.25) is 0 Å². The number of piperidine rings is 1. The van der Waals surface area contributed by atoms with Crippen LogP contribution in [0.1, 0.15) is 34.7 Å². The number of likely N-dealkylation sites (tertiary alicyclic amines) is 1. The maximum Gasteiger partial charge on any atom is 0.321 e. The SMILES string of the molecule is COCCNC(=O)c1cccc(C2CCCN(C(=O)Nc3ccc(Cl)cc3)C2)c1. The predicted molar refractivity (Wildman–Crippen MR) is 115 cm³/mol. The second-order valence-electron chi connectivity index (χ2n) is 7.10. The van der Waals surface area contributed by atoms with Crippen molar-refractivity contribution in [1.82, 2.24) is 10.2 Å². The summed E-state index contributed by atoms with van der Waals surface area (Å²) in [5.41, 5.74) is 2.42. The van der Waals surface area contributed by atoms with E-state index in [9.17, 15) is 9.59 Å². The number of benzene rings is 2. The van der Waals surface area contributed by atoms with Gasteiger partial charge in [-0.2, -0.15) is 0 Å². The minimum absolute atomic E-state index is 0.114. The molecule has 1 unspecified atom stereocenters. The average molecular weight is 416 g/mol. The number of ether oxygens (including phenoxy) is 1. The number of anilines is 1. The van der Waals surface area contributed by atoms with E-state index < -0.39 is 0 Å². The van der Waals surface area contributed by atoms with E-state index in [2.05, 4.69) is 10.6 Å². The highest BCUT2D eigenvalue weighted by atomic mass is 35.5. The van der Waals surface area contributed by atoms with Crippen LogP contribution in [0, 0.1) is 0 Å². The normalized spacial score (nSPS) is 16.3. The zero-order valence-corrected chi connectivity index (χ0v) is 17.2. The van der Waals surface area contributed by atoms with Gasteiger partial charge >= 0.3 is 6.03 Å². The lowest BCUT2D eigenvalue weighted by Gasteiger charge is -2.33. The molecule has 6 nitrogen and oxygen atoms in total. The van der Waals surface area contributed by atoms with Gasteiger partial charge in [0.05, 0.1) is 6.61 Å². The summed E-state index contributed by atoms with van der Waals surface area (Å²) in [6.45, 7) is 2.29. The van der Waals surface area contributed by atoms with E-state index in [1.54, 1.807) is 37.4 Å². The number of methoxy groups -OCH3 is 1. The number of amides is 3. The molecule has 0 aliphatic carbocycles. The van der Waals surface area contributed by atoms with Crippen LogP contribution in [-0.2, 0) is 4.74 Å². The summed E-state index contributed by atoms with van der Waals surface area (Å²) < 4.78 is 4.96. The second-order valence-corrected chi connectivity index (χ2v) is 7.53. The van der Waals surface area contributed by atoms with E-state index in [0.29, 0.717) is 36.8 Å². The molecule has 154 valence electrons. The molecule has 2 aromatic carbocycles. The third-order valence-corrected chi connectivity index (χ3v) is 5.27. The molecule has 0 aromatic heterocycles. The first-order valence-electron chi connectivity index (χ1n) is 9.75. The van der Waals surface area contributed by atoms with Gasteiger partial charge in [0, 0.05) is 48.9 Å². The molecule has 2 N–H and O–H groups in total. The lowest BCUT2D eigenvalue weighted by molar-refractivity contribution is 0.0937. The molecule has 0 radical (unpaired) electrons. The van der Waals surface area contributed by atoms with Crippen LogP contribution in [0.15, 0.2) is 48.5 Å². The highest BCUT2D eigenvalue weighted by Gasteiger charge is 2.25. The lowest BCUT2D eigenvalue weighted by atomic mass is 9.89. The van der Waals surface area contributed by atoms with Crippen LogP contribution in [0.5, 0.6) is 0 Å². The molecule has 1 heterocycles. The van der Waals surface area contributed by atoms with Crippen molar-refractivity contribution in [2.75, 3.05) is 38.7 Å². The Balaban J connectivity index is 1.62. The van der Waals surface area contributed by atoms with Crippen molar-refractivity contribution in [3.63, 3.8) is 0 Å². The number of nitrogens with zero attached hydrogens (tertiary/aromatic N) is 1. The van der Waals surface area contributed by atoms with Gasteiger partial charge in [-0.3, -0.25) is 4.79 Å². The Morgan fingerprint density at radius 3 is 2.76 bits per heavy atom. The van der Waals surface area contributed by atoms with Crippen LogP contribution in [0.4, 0.5) is 10.5 Å². The van der Waals surface area contributed by atoms with E-state index >= 15 is 0 Å². The fourth-order valence-corrected chi connectivity index (χ4v) is 3.60. The van der Waals surface area contributed by atoms with E-state index in [-0.39, 0.29) is 17.9 Å². The number of nitrogens with one attached hydrogen (secondary N) is 2. The molecular formula is C22H26ClN3O3. The fraction of sp³-hybridized carbons (Fsp3) is 0.364. The number of hydrogen-bond acceptors (Lipinski definition) is 3. The topological polar surface area (TPSA) is 70.7 Å². The Labute approximate surface area is 176 Å². The summed E-state index contributed by atoms with van der Waals surface area (Å²) in [5, 5.41) is 6.39. The molecule has 7 heteroatoms. The highest BCUT2D eigenvalue weighted by Crippen LogP contribution is 2.28. The molecule has 3 rings (SSSR count). The van der Waals surface area contributed by atoms with Crippen LogP contribution in [0.3, 0.4) is 0 Å². The van der Waals surface area contributed by atoms with Crippen LogP contribution < -0.4 is 10.6 Å². The van der Waals surface area contributed by atoms with Gasteiger partial charge in [-0.1, -0.05) is 23.7 Å². The first kappa shape index (κ1) is 21.1. The van der Waals surface area contributed by atoms with Gasteiger partial charge in [0.25, 0.3) is 5.91 Å². The van der Waals surface area contributed by atoms with Crippen LogP contribution in [0.2, 0.25) is 5.02 Å². The molecule has 1 atom stereocenters. The molecular weight excluding hydrogens is 390 g/mol. The Hall–Kier alpha value is -2.57.